The number of carbonyl (C=O) groups is 2. The number of hydrogen-bond donors (Lipinski definition) is 0. The second-order valence-corrected chi connectivity index (χ2v) is 6.54. The van der Waals surface area contributed by atoms with E-state index in [0.717, 1.165) is 42.8 Å². The Morgan fingerprint density at radius 3 is 2.60 bits per heavy atom. The van der Waals surface area contributed by atoms with Crippen molar-refractivity contribution in [3.8, 4) is 0 Å². The summed E-state index contributed by atoms with van der Waals surface area (Å²) in [6.07, 6.45) is 5.30. The molecule has 25 heavy (non-hydrogen) atoms. The van der Waals surface area contributed by atoms with Gasteiger partial charge in [0.1, 0.15) is 11.5 Å². The van der Waals surface area contributed by atoms with E-state index in [1.807, 2.05) is 31.2 Å². The molecule has 0 saturated heterocycles. The van der Waals surface area contributed by atoms with Gasteiger partial charge in [0, 0.05) is 25.8 Å². The van der Waals surface area contributed by atoms with Gasteiger partial charge in [0.2, 0.25) is 6.41 Å². The second kappa shape index (κ2) is 8.14. The van der Waals surface area contributed by atoms with E-state index >= 15 is 0 Å². The van der Waals surface area contributed by atoms with Gasteiger partial charge in [-0.3, -0.25) is 18.9 Å². The molecule has 0 unspecified atom stereocenters. The van der Waals surface area contributed by atoms with Crippen molar-refractivity contribution in [2.75, 3.05) is 18.5 Å². The quantitative estimate of drug-likeness (QED) is 0.691. The van der Waals surface area contributed by atoms with Crippen LogP contribution in [0.2, 0.25) is 0 Å². The number of fused-ring (bicyclic) bond motifs is 1. The van der Waals surface area contributed by atoms with Crippen molar-refractivity contribution >= 4 is 23.8 Å². The number of unbranched alkanes of at least 4 members (excludes halogenated alkanes) is 1. The van der Waals surface area contributed by atoms with Crippen LogP contribution < -0.4 is 4.90 Å². The average Bonchev–Trinajstić information content (AvgIpc) is 2.99. The molecule has 0 aliphatic heterocycles. The Balaban J connectivity index is 2.54. The number of carbonyl (C=O) groups excluding carboxylic acids is 2. The number of nitrogens with zero attached hydrogens (tertiary/aromatic N) is 4. The second-order valence-electron chi connectivity index (χ2n) is 6.54. The number of aryl methyl sites for hydroxylation is 1. The van der Waals surface area contributed by atoms with Gasteiger partial charge in [-0.25, -0.2) is 4.98 Å². The van der Waals surface area contributed by atoms with Crippen LogP contribution in [0.4, 0.5) is 5.82 Å². The molecular formula is C19H28N4O2. The summed E-state index contributed by atoms with van der Waals surface area (Å²) in [6, 6.07) is 3.75. The highest BCUT2D eigenvalue weighted by Gasteiger charge is 2.20. The predicted molar refractivity (Wildman–Crippen MR) is 100 cm³/mol. The molecule has 2 amide bonds. The third-order valence-corrected chi connectivity index (χ3v) is 4.49. The minimum absolute atomic E-state index is 0.0409. The van der Waals surface area contributed by atoms with Crippen molar-refractivity contribution < 1.29 is 9.59 Å². The van der Waals surface area contributed by atoms with Gasteiger partial charge in [-0.1, -0.05) is 20.3 Å². The zero-order valence-electron chi connectivity index (χ0n) is 15.8. The lowest BCUT2D eigenvalue weighted by Gasteiger charge is -2.22. The summed E-state index contributed by atoms with van der Waals surface area (Å²) in [7, 11) is 1.79. The molecule has 136 valence electrons. The van der Waals surface area contributed by atoms with Crippen LogP contribution in [0.5, 0.6) is 0 Å². The lowest BCUT2D eigenvalue weighted by atomic mass is 10.2. The fourth-order valence-electron chi connectivity index (χ4n) is 2.72. The summed E-state index contributed by atoms with van der Waals surface area (Å²) in [5, 5.41) is 0. The highest BCUT2D eigenvalue weighted by molar-refractivity contribution is 5.94. The van der Waals surface area contributed by atoms with Crippen LogP contribution >= 0.6 is 0 Å². The molecule has 2 aromatic rings. The van der Waals surface area contributed by atoms with E-state index < -0.39 is 0 Å². The molecule has 0 atom stereocenters. The Morgan fingerprint density at radius 1 is 1.32 bits per heavy atom. The summed E-state index contributed by atoms with van der Waals surface area (Å²) < 4.78 is 1.87. The van der Waals surface area contributed by atoms with E-state index in [2.05, 4.69) is 11.9 Å². The number of pyridine rings is 1. The zero-order valence-corrected chi connectivity index (χ0v) is 15.8. The fraction of sp³-hybridized carbons (Fsp3) is 0.526. The first-order valence-electron chi connectivity index (χ1n) is 8.94. The van der Waals surface area contributed by atoms with Crippen LogP contribution in [-0.4, -0.2) is 46.2 Å². The Labute approximate surface area is 149 Å². The van der Waals surface area contributed by atoms with Gasteiger partial charge >= 0.3 is 0 Å². The van der Waals surface area contributed by atoms with Gasteiger partial charge in [-0.2, -0.15) is 0 Å². The van der Waals surface area contributed by atoms with Crippen molar-refractivity contribution in [2.45, 2.75) is 53.0 Å². The molecule has 6 heteroatoms. The summed E-state index contributed by atoms with van der Waals surface area (Å²) >= 11 is 0. The summed E-state index contributed by atoms with van der Waals surface area (Å²) in [5.41, 5.74) is 2.20. The Hall–Kier alpha value is -2.37. The first-order chi connectivity index (χ1) is 11.9. The van der Waals surface area contributed by atoms with Gasteiger partial charge in [-0.15, -0.1) is 0 Å². The highest BCUT2D eigenvalue weighted by atomic mass is 16.2. The molecule has 0 N–H and O–H groups in total. The lowest BCUT2D eigenvalue weighted by Crippen LogP contribution is -2.33. The molecular weight excluding hydrogens is 316 g/mol. The minimum atomic E-state index is -0.0409. The summed E-state index contributed by atoms with van der Waals surface area (Å²) in [6.45, 7) is 8.72. The van der Waals surface area contributed by atoms with Crippen molar-refractivity contribution in [3.05, 3.63) is 29.6 Å². The maximum atomic E-state index is 12.6. The normalized spacial score (nSPS) is 11.1. The molecule has 6 nitrogen and oxygen atoms in total. The number of aromatic nitrogens is 2. The third-order valence-electron chi connectivity index (χ3n) is 4.49. The van der Waals surface area contributed by atoms with Crippen LogP contribution in [0.15, 0.2) is 18.3 Å². The van der Waals surface area contributed by atoms with Crippen LogP contribution in [0.1, 0.15) is 56.6 Å². The molecule has 0 saturated carbocycles. The monoisotopic (exact) mass is 344 g/mol. The fourth-order valence-corrected chi connectivity index (χ4v) is 2.72. The Morgan fingerprint density at radius 2 is 2.04 bits per heavy atom. The van der Waals surface area contributed by atoms with Gasteiger partial charge in [0.15, 0.2) is 0 Å². The van der Waals surface area contributed by atoms with Crippen molar-refractivity contribution in [2.24, 2.45) is 0 Å². The smallest absolute Gasteiger partial charge is 0.255 e. The maximum Gasteiger partial charge on any atom is 0.255 e. The van der Waals surface area contributed by atoms with E-state index in [9.17, 15) is 9.59 Å². The first kappa shape index (κ1) is 19.0. The minimum Gasteiger partial charge on any atom is -0.339 e. The summed E-state index contributed by atoms with van der Waals surface area (Å²) in [5.74, 6) is 0.726. The molecule has 2 aromatic heterocycles. The molecule has 0 fully saturated rings. The Bertz CT molecular complexity index is 751. The van der Waals surface area contributed by atoms with Gasteiger partial charge in [0.05, 0.1) is 11.3 Å². The van der Waals surface area contributed by atoms with Crippen molar-refractivity contribution in [3.63, 3.8) is 0 Å². The van der Waals surface area contributed by atoms with Crippen LogP contribution in [0.3, 0.4) is 0 Å². The van der Waals surface area contributed by atoms with E-state index in [0.29, 0.717) is 12.1 Å². The molecule has 0 aliphatic rings. The number of imidazole rings is 1. The van der Waals surface area contributed by atoms with E-state index in [-0.39, 0.29) is 11.9 Å². The zero-order chi connectivity index (χ0) is 18.6. The Kier molecular flexibility index (Phi) is 6.17. The van der Waals surface area contributed by atoms with Gasteiger partial charge in [-0.05, 0) is 38.8 Å². The molecule has 2 heterocycles. The van der Waals surface area contributed by atoms with Crippen LogP contribution in [0, 0.1) is 0 Å². The molecule has 0 radical (unpaired) electrons. The van der Waals surface area contributed by atoms with E-state index in [1.54, 1.807) is 29.1 Å². The van der Waals surface area contributed by atoms with Crippen molar-refractivity contribution in [1.29, 1.82) is 0 Å². The first-order valence-corrected chi connectivity index (χ1v) is 8.94. The van der Waals surface area contributed by atoms with E-state index in [4.69, 9.17) is 0 Å². The number of hydrogen-bond acceptors (Lipinski definition) is 3. The largest absolute Gasteiger partial charge is 0.339 e. The van der Waals surface area contributed by atoms with Crippen molar-refractivity contribution in [1.82, 2.24) is 14.3 Å². The lowest BCUT2D eigenvalue weighted by molar-refractivity contribution is -0.107. The number of rotatable bonds is 8. The van der Waals surface area contributed by atoms with Crippen LogP contribution in [-0.2, 0) is 11.2 Å². The standard InChI is InChI=1S/C19H28N4O2/c1-6-8-11-22(13-24)18-16(7-2)20-17-10-9-15(12-23(17)18)19(25)21(5)14(3)4/h9-10,12-14H,6-8,11H2,1-5H3. The van der Waals surface area contributed by atoms with Gasteiger partial charge < -0.3 is 4.90 Å². The number of anilines is 1. The van der Waals surface area contributed by atoms with E-state index in [1.165, 1.54) is 0 Å². The number of amides is 2. The molecule has 0 bridgehead atoms. The van der Waals surface area contributed by atoms with Crippen LogP contribution in [0.25, 0.3) is 5.65 Å². The molecule has 0 aliphatic carbocycles. The topological polar surface area (TPSA) is 57.9 Å². The average molecular weight is 344 g/mol. The van der Waals surface area contributed by atoms with Gasteiger partial charge in [0.25, 0.3) is 5.91 Å². The predicted octanol–water partition coefficient (Wildman–Crippen LogP) is 3.14. The summed E-state index contributed by atoms with van der Waals surface area (Å²) in [4.78, 5) is 32.3. The molecule has 0 spiro atoms. The molecule has 2 rings (SSSR count). The maximum absolute atomic E-state index is 12.6. The third kappa shape index (κ3) is 3.83. The molecule has 0 aromatic carbocycles. The highest BCUT2D eigenvalue weighted by Crippen LogP contribution is 2.24. The SMILES string of the molecule is CCCCN(C=O)c1c(CC)nc2ccc(C(=O)N(C)C(C)C)cn12.